The van der Waals surface area contributed by atoms with Crippen molar-refractivity contribution < 1.29 is 13.9 Å². The highest BCUT2D eigenvalue weighted by molar-refractivity contribution is 9.10. The second-order valence-electron chi connectivity index (χ2n) is 6.08. The van der Waals surface area contributed by atoms with Crippen molar-refractivity contribution in [2.75, 3.05) is 0 Å². The number of benzene rings is 1. The van der Waals surface area contributed by atoms with E-state index in [4.69, 9.17) is 0 Å². The Morgan fingerprint density at radius 1 is 1.42 bits per heavy atom. The van der Waals surface area contributed by atoms with Crippen LogP contribution in [0.3, 0.4) is 0 Å². The van der Waals surface area contributed by atoms with Gasteiger partial charge in [-0.05, 0) is 52.2 Å². The van der Waals surface area contributed by atoms with E-state index in [0.717, 1.165) is 19.3 Å². The first-order valence-corrected chi connectivity index (χ1v) is 7.42. The Balaban J connectivity index is 2.20. The topological polar surface area (TPSA) is 20.2 Å². The van der Waals surface area contributed by atoms with Crippen molar-refractivity contribution >= 4 is 15.9 Å². The van der Waals surface area contributed by atoms with Crippen LogP contribution in [0.15, 0.2) is 16.6 Å². The Morgan fingerprint density at radius 3 is 2.68 bits per heavy atom. The summed E-state index contributed by atoms with van der Waals surface area (Å²) >= 11 is 3.05. The van der Waals surface area contributed by atoms with E-state index in [1.54, 1.807) is 0 Å². The van der Waals surface area contributed by atoms with Crippen LogP contribution in [0.1, 0.15) is 38.7 Å². The Bertz CT molecular complexity index is 473. The van der Waals surface area contributed by atoms with Crippen molar-refractivity contribution in [1.29, 1.82) is 0 Å². The lowest BCUT2D eigenvalue weighted by Gasteiger charge is -2.31. The van der Waals surface area contributed by atoms with Gasteiger partial charge in [0.2, 0.25) is 0 Å². The zero-order valence-electron chi connectivity index (χ0n) is 11.2. The van der Waals surface area contributed by atoms with Crippen LogP contribution in [0.5, 0.6) is 0 Å². The molecule has 0 saturated heterocycles. The van der Waals surface area contributed by atoms with Crippen molar-refractivity contribution in [2.45, 2.75) is 45.6 Å². The third-order valence-corrected chi connectivity index (χ3v) is 4.97. The van der Waals surface area contributed by atoms with Gasteiger partial charge in [0, 0.05) is 12.0 Å². The minimum atomic E-state index is -0.698. The molecule has 1 fully saturated rings. The van der Waals surface area contributed by atoms with Gasteiger partial charge in [-0.1, -0.05) is 20.3 Å². The standard InChI is InChI=1S/C15H19BrF2O/c1-15(2)7-3-4-10(15)13(19)8-9-12(17)6-5-11(16)14(9)18/h5-6,10,13,19H,3-4,7-8H2,1-2H3. The maximum Gasteiger partial charge on any atom is 0.143 e. The number of aliphatic hydroxyl groups is 1. The SMILES string of the molecule is CC1(C)CCCC1C(O)Cc1c(F)ccc(Br)c1F. The first-order chi connectivity index (χ1) is 8.83. The van der Waals surface area contributed by atoms with Crippen LogP contribution in [-0.4, -0.2) is 11.2 Å². The van der Waals surface area contributed by atoms with Crippen LogP contribution >= 0.6 is 15.9 Å². The molecule has 2 rings (SSSR count). The molecule has 1 aromatic carbocycles. The van der Waals surface area contributed by atoms with Gasteiger partial charge >= 0.3 is 0 Å². The first kappa shape index (κ1) is 14.9. The summed E-state index contributed by atoms with van der Waals surface area (Å²) in [4.78, 5) is 0. The number of hydrogen-bond acceptors (Lipinski definition) is 1. The van der Waals surface area contributed by atoms with Crippen LogP contribution in [-0.2, 0) is 6.42 Å². The Kier molecular flexibility index (Phi) is 4.31. The zero-order chi connectivity index (χ0) is 14.2. The van der Waals surface area contributed by atoms with Crippen molar-refractivity contribution in [1.82, 2.24) is 0 Å². The quantitative estimate of drug-likeness (QED) is 0.810. The molecular formula is C15H19BrF2O. The maximum atomic E-state index is 13.9. The molecular weight excluding hydrogens is 314 g/mol. The molecule has 0 radical (unpaired) electrons. The first-order valence-electron chi connectivity index (χ1n) is 6.63. The number of hydrogen-bond donors (Lipinski definition) is 1. The summed E-state index contributed by atoms with van der Waals surface area (Å²) in [6, 6.07) is 2.58. The van der Waals surface area contributed by atoms with Gasteiger partial charge in [-0.3, -0.25) is 0 Å². The van der Waals surface area contributed by atoms with Crippen LogP contribution < -0.4 is 0 Å². The summed E-state index contributed by atoms with van der Waals surface area (Å²) < 4.78 is 27.8. The average Bonchev–Trinajstić information content (AvgIpc) is 2.69. The molecule has 1 saturated carbocycles. The lowest BCUT2D eigenvalue weighted by molar-refractivity contribution is 0.0529. The normalized spacial score (nSPS) is 23.6. The third-order valence-electron chi connectivity index (χ3n) is 4.36. The van der Waals surface area contributed by atoms with E-state index in [2.05, 4.69) is 29.8 Å². The van der Waals surface area contributed by atoms with Crippen molar-refractivity contribution in [3.05, 3.63) is 33.8 Å². The highest BCUT2D eigenvalue weighted by Crippen LogP contribution is 2.45. The molecule has 0 heterocycles. The molecule has 19 heavy (non-hydrogen) atoms. The molecule has 0 bridgehead atoms. The fourth-order valence-corrected chi connectivity index (χ4v) is 3.55. The molecule has 2 atom stereocenters. The molecule has 2 unspecified atom stereocenters. The number of halogens is 3. The largest absolute Gasteiger partial charge is 0.392 e. The molecule has 1 nitrogen and oxygen atoms in total. The molecule has 0 aliphatic heterocycles. The van der Waals surface area contributed by atoms with Gasteiger partial charge in [0.15, 0.2) is 0 Å². The summed E-state index contributed by atoms with van der Waals surface area (Å²) in [6.45, 7) is 4.23. The van der Waals surface area contributed by atoms with E-state index in [1.807, 2.05) is 0 Å². The van der Waals surface area contributed by atoms with Gasteiger partial charge in [-0.15, -0.1) is 0 Å². The summed E-state index contributed by atoms with van der Waals surface area (Å²) in [5.41, 5.74) is 0.0165. The third kappa shape index (κ3) is 3.00. The highest BCUT2D eigenvalue weighted by Gasteiger charge is 2.39. The Morgan fingerprint density at radius 2 is 2.11 bits per heavy atom. The van der Waals surface area contributed by atoms with Crippen molar-refractivity contribution in [2.24, 2.45) is 11.3 Å². The minimum Gasteiger partial charge on any atom is -0.392 e. The predicted molar refractivity (Wildman–Crippen MR) is 74.9 cm³/mol. The van der Waals surface area contributed by atoms with E-state index < -0.39 is 17.7 Å². The van der Waals surface area contributed by atoms with Crippen molar-refractivity contribution in [3.8, 4) is 0 Å². The fourth-order valence-electron chi connectivity index (χ4n) is 3.17. The molecule has 1 N–H and O–H groups in total. The monoisotopic (exact) mass is 332 g/mol. The molecule has 0 aromatic heterocycles. The van der Waals surface area contributed by atoms with Gasteiger partial charge < -0.3 is 5.11 Å². The molecule has 106 valence electrons. The van der Waals surface area contributed by atoms with Crippen molar-refractivity contribution in [3.63, 3.8) is 0 Å². The van der Waals surface area contributed by atoms with Gasteiger partial charge in [-0.2, -0.15) is 0 Å². The summed E-state index contributed by atoms with van der Waals surface area (Å²) in [5, 5.41) is 10.3. The summed E-state index contributed by atoms with van der Waals surface area (Å²) in [6.07, 6.45) is 2.38. The molecule has 0 amide bonds. The number of rotatable bonds is 3. The average molecular weight is 333 g/mol. The van der Waals surface area contributed by atoms with Crippen LogP contribution in [0.2, 0.25) is 0 Å². The predicted octanol–water partition coefficient (Wildman–Crippen LogP) is 4.46. The van der Waals surface area contributed by atoms with Crippen LogP contribution in [0.25, 0.3) is 0 Å². The van der Waals surface area contributed by atoms with Gasteiger partial charge in [0.1, 0.15) is 11.6 Å². The molecule has 1 aromatic rings. The van der Waals surface area contributed by atoms with Crippen LogP contribution in [0, 0.1) is 23.0 Å². The maximum absolute atomic E-state index is 13.9. The van der Waals surface area contributed by atoms with Gasteiger partial charge in [0.05, 0.1) is 10.6 Å². The van der Waals surface area contributed by atoms with E-state index >= 15 is 0 Å². The second kappa shape index (κ2) is 5.49. The molecule has 1 aliphatic rings. The number of aliphatic hydroxyl groups excluding tert-OH is 1. The smallest absolute Gasteiger partial charge is 0.143 e. The highest BCUT2D eigenvalue weighted by atomic mass is 79.9. The minimum absolute atomic E-state index is 0.0235. The van der Waals surface area contributed by atoms with Gasteiger partial charge in [0.25, 0.3) is 0 Å². The fraction of sp³-hybridized carbons (Fsp3) is 0.600. The summed E-state index contributed by atoms with van der Waals surface area (Å²) in [7, 11) is 0. The lowest BCUT2D eigenvalue weighted by atomic mass is 9.77. The van der Waals surface area contributed by atoms with E-state index in [-0.39, 0.29) is 27.8 Å². The Labute approximate surface area is 121 Å². The lowest BCUT2D eigenvalue weighted by Crippen LogP contribution is -2.31. The van der Waals surface area contributed by atoms with Crippen LogP contribution in [0.4, 0.5) is 8.78 Å². The molecule has 4 heteroatoms. The molecule has 1 aliphatic carbocycles. The van der Waals surface area contributed by atoms with E-state index in [1.165, 1.54) is 12.1 Å². The Hall–Kier alpha value is -0.480. The zero-order valence-corrected chi connectivity index (χ0v) is 12.8. The van der Waals surface area contributed by atoms with Gasteiger partial charge in [-0.25, -0.2) is 8.78 Å². The molecule has 0 spiro atoms. The summed E-state index contributed by atoms with van der Waals surface area (Å²) in [5.74, 6) is -1.09. The second-order valence-corrected chi connectivity index (χ2v) is 6.93. The van der Waals surface area contributed by atoms with E-state index in [9.17, 15) is 13.9 Å². The van der Waals surface area contributed by atoms with E-state index in [0.29, 0.717) is 0 Å².